The van der Waals surface area contributed by atoms with Crippen LogP contribution in [0.25, 0.3) is 0 Å². The molecule has 2 amide bonds. The molecule has 1 aliphatic carbocycles. The van der Waals surface area contributed by atoms with Crippen LogP contribution in [0.4, 0.5) is 15.8 Å². The lowest BCUT2D eigenvalue weighted by atomic mass is 9.81. The summed E-state index contributed by atoms with van der Waals surface area (Å²) in [5, 5.41) is 5.67. The molecule has 142 valence electrons. The Hall–Kier alpha value is -2.89. The van der Waals surface area contributed by atoms with Gasteiger partial charge in [0.25, 0.3) is 0 Å². The summed E-state index contributed by atoms with van der Waals surface area (Å²) in [6.07, 6.45) is 2.57. The van der Waals surface area contributed by atoms with Crippen LogP contribution in [0.5, 0.6) is 5.75 Å². The number of rotatable bonds is 5. The normalized spacial score (nSPS) is 19.2. The summed E-state index contributed by atoms with van der Waals surface area (Å²) in [6, 6.07) is 13.1. The summed E-state index contributed by atoms with van der Waals surface area (Å²) in [4.78, 5) is 24.8. The molecule has 27 heavy (non-hydrogen) atoms. The van der Waals surface area contributed by atoms with Gasteiger partial charge in [-0.15, -0.1) is 0 Å². The van der Waals surface area contributed by atoms with Crippen molar-refractivity contribution < 1.29 is 18.7 Å². The van der Waals surface area contributed by atoms with Gasteiger partial charge in [-0.05, 0) is 56.0 Å². The summed E-state index contributed by atoms with van der Waals surface area (Å²) >= 11 is 0. The third kappa shape index (κ3) is 5.06. The molecule has 0 saturated heterocycles. The molecule has 2 N–H and O–H groups in total. The molecule has 3 rings (SSSR count). The zero-order chi connectivity index (χ0) is 19.2. The van der Waals surface area contributed by atoms with Gasteiger partial charge in [-0.1, -0.05) is 12.1 Å². The Balaban J connectivity index is 1.50. The van der Waals surface area contributed by atoms with Crippen molar-refractivity contribution in [2.45, 2.75) is 25.7 Å². The minimum absolute atomic E-state index is 0.0350. The van der Waals surface area contributed by atoms with Gasteiger partial charge in [0.05, 0.1) is 7.11 Å². The summed E-state index contributed by atoms with van der Waals surface area (Å²) in [6.45, 7) is 0. The Morgan fingerprint density at radius 1 is 0.889 bits per heavy atom. The van der Waals surface area contributed by atoms with E-state index in [4.69, 9.17) is 4.74 Å². The molecule has 0 radical (unpaired) electrons. The number of carbonyl (C=O) groups excluding carboxylic acids is 2. The molecule has 1 fully saturated rings. The fraction of sp³-hybridized carbons (Fsp3) is 0.333. The van der Waals surface area contributed by atoms with Crippen LogP contribution in [-0.4, -0.2) is 18.9 Å². The van der Waals surface area contributed by atoms with Gasteiger partial charge in [0.2, 0.25) is 11.8 Å². The molecule has 0 bridgehead atoms. The van der Waals surface area contributed by atoms with Gasteiger partial charge in [0.15, 0.2) is 0 Å². The largest absolute Gasteiger partial charge is 0.497 e. The SMILES string of the molecule is COc1cccc(NC(=O)C2CCC(C(=O)Nc3cccc(F)c3)CC2)c1. The Morgan fingerprint density at radius 3 is 1.93 bits per heavy atom. The Morgan fingerprint density at radius 2 is 1.41 bits per heavy atom. The maximum atomic E-state index is 13.2. The zero-order valence-electron chi connectivity index (χ0n) is 15.2. The number of methoxy groups -OCH3 is 1. The van der Waals surface area contributed by atoms with Crippen molar-refractivity contribution in [3.05, 3.63) is 54.3 Å². The minimum atomic E-state index is -0.384. The Labute approximate surface area is 157 Å². The highest BCUT2D eigenvalue weighted by Crippen LogP contribution is 2.31. The smallest absolute Gasteiger partial charge is 0.227 e. The van der Waals surface area contributed by atoms with Crippen LogP contribution in [0.15, 0.2) is 48.5 Å². The van der Waals surface area contributed by atoms with E-state index in [9.17, 15) is 14.0 Å². The molecule has 1 aliphatic rings. The number of benzene rings is 2. The predicted octanol–water partition coefficient (Wildman–Crippen LogP) is 4.22. The fourth-order valence-electron chi connectivity index (χ4n) is 3.37. The number of anilines is 2. The summed E-state index contributed by atoms with van der Waals surface area (Å²) in [5.74, 6) is -0.126. The van der Waals surface area contributed by atoms with Gasteiger partial charge in [-0.2, -0.15) is 0 Å². The number of nitrogens with one attached hydrogen (secondary N) is 2. The molecule has 1 saturated carbocycles. The predicted molar refractivity (Wildman–Crippen MR) is 102 cm³/mol. The molecule has 0 atom stereocenters. The molecule has 0 unspecified atom stereocenters. The number of hydrogen-bond donors (Lipinski definition) is 2. The zero-order valence-corrected chi connectivity index (χ0v) is 15.2. The highest BCUT2D eigenvalue weighted by Gasteiger charge is 2.30. The lowest BCUT2D eigenvalue weighted by Gasteiger charge is -2.27. The monoisotopic (exact) mass is 370 g/mol. The summed E-state index contributed by atoms with van der Waals surface area (Å²) in [7, 11) is 1.58. The number of hydrogen-bond acceptors (Lipinski definition) is 3. The van der Waals surface area contributed by atoms with Gasteiger partial charge in [0, 0.05) is 29.3 Å². The third-order valence-electron chi connectivity index (χ3n) is 4.90. The van der Waals surface area contributed by atoms with E-state index >= 15 is 0 Å². The highest BCUT2D eigenvalue weighted by molar-refractivity contribution is 5.94. The van der Waals surface area contributed by atoms with E-state index in [0.717, 1.165) is 0 Å². The average molecular weight is 370 g/mol. The molecular formula is C21H23FN2O3. The quantitative estimate of drug-likeness (QED) is 0.828. The number of amides is 2. The number of carbonyl (C=O) groups is 2. The van der Waals surface area contributed by atoms with Crippen LogP contribution in [0.3, 0.4) is 0 Å². The highest BCUT2D eigenvalue weighted by atomic mass is 19.1. The molecule has 2 aromatic carbocycles. The van der Waals surface area contributed by atoms with Crippen molar-refractivity contribution in [1.29, 1.82) is 0 Å². The van der Waals surface area contributed by atoms with Crippen molar-refractivity contribution in [1.82, 2.24) is 0 Å². The second-order valence-electron chi connectivity index (χ2n) is 6.77. The van der Waals surface area contributed by atoms with Gasteiger partial charge in [-0.25, -0.2) is 4.39 Å². The van der Waals surface area contributed by atoms with E-state index in [1.54, 1.807) is 25.3 Å². The standard InChI is InChI=1S/C21H23FN2O3/c1-27-19-7-3-6-18(13-19)24-21(26)15-10-8-14(9-11-15)20(25)23-17-5-2-4-16(22)12-17/h2-7,12-15H,8-11H2,1H3,(H,23,25)(H,24,26). The topological polar surface area (TPSA) is 67.4 Å². The van der Waals surface area contributed by atoms with Crippen molar-refractivity contribution >= 4 is 23.2 Å². The maximum Gasteiger partial charge on any atom is 0.227 e. The van der Waals surface area contributed by atoms with Crippen LogP contribution in [0.2, 0.25) is 0 Å². The van der Waals surface area contributed by atoms with Crippen molar-refractivity contribution in [2.24, 2.45) is 11.8 Å². The van der Waals surface area contributed by atoms with Gasteiger partial charge >= 0.3 is 0 Å². The van der Waals surface area contributed by atoms with E-state index < -0.39 is 0 Å². The Kier molecular flexibility index (Phi) is 6.06. The van der Waals surface area contributed by atoms with Gasteiger partial charge in [0.1, 0.15) is 11.6 Å². The molecule has 2 aromatic rings. The summed E-state index contributed by atoms with van der Waals surface area (Å²) in [5.41, 5.74) is 1.16. The lowest BCUT2D eigenvalue weighted by Crippen LogP contribution is -2.32. The van der Waals surface area contributed by atoms with E-state index in [1.807, 2.05) is 18.2 Å². The van der Waals surface area contributed by atoms with Crippen molar-refractivity contribution in [3.8, 4) is 5.75 Å². The van der Waals surface area contributed by atoms with E-state index in [1.165, 1.54) is 12.1 Å². The molecular weight excluding hydrogens is 347 g/mol. The van der Waals surface area contributed by atoms with Crippen LogP contribution in [-0.2, 0) is 9.59 Å². The molecule has 0 spiro atoms. The van der Waals surface area contributed by atoms with E-state index in [0.29, 0.717) is 42.8 Å². The molecule has 0 aliphatic heterocycles. The van der Waals surface area contributed by atoms with E-state index in [2.05, 4.69) is 10.6 Å². The second kappa shape index (κ2) is 8.66. The first-order valence-electron chi connectivity index (χ1n) is 9.06. The average Bonchev–Trinajstić information content (AvgIpc) is 2.68. The van der Waals surface area contributed by atoms with Crippen molar-refractivity contribution in [3.63, 3.8) is 0 Å². The second-order valence-corrected chi connectivity index (χ2v) is 6.77. The molecule has 0 aromatic heterocycles. The fourth-order valence-corrected chi connectivity index (χ4v) is 3.37. The third-order valence-corrected chi connectivity index (χ3v) is 4.90. The number of halogens is 1. The van der Waals surface area contributed by atoms with Crippen molar-refractivity contribution in [2.75, 3.05) is 17.7 Å². The Bertz CT molecular complexity index is 817. The lowest BCUT2D eigenvalue weighted by molar-refractivity contribution is -0.125. The van der Waals surface area contributed by atoms with Crippen LogP contribution < -0.4 is 15.4 Å². The molecule has 0 heterocycles. The minimum Gasteiger partial charge on any atom is -0.497 e. The van der Waals surface area contributed by atoms with Crippen LogP contribution in [0.1, 0.15) is 25.7 Å². The van der Waals surface area contributed by atoms with Crippen LogP contribution >= 0.6 is 0 Å². The number of ether oxygens (including phenoxy) is 1. The first-order valence-corrected chi connectivity index (χ1v) is 9.06. The summed E-state index contributed by atoms with van der Waals surface area (Å²) < 4.78 is 18.4. The first kappa shape index (κ1) is 18.9. The van der Waals surface area contributed by atoms with Gasteiger partial charge < -0.3 is 15.4 Å². The van der Waals surface area contributed by atoms with Gasteiger partial charge in [-0.3, -0.25) is 9.59 Å². The first-order chi connectivity index (χ1) is 13.0. The molecule has 6 heteroatoms. The van der Waals surface area contributed by atoms with Crippen LogP contribution in [0, 0.1) is 17.7 Å². The van der Waals surface area contributed by atoms with E-state index in [-0.39, 0.29) is 29.5 Å². The molecule has 5 nitrogen and oxygen atoms in total. The maximum absolute atomic E-state index is 13.2.